The van der Waals surface area contributed by atoms with E-state index in [-0.39, 0.29) is 11.8 Å². The van der Waals surface area contributed by atoms with Crippen LogP contribution in [0.3, 0.4) is 0 Å². The molecular formula is C28H22N2O2. The predicted molar refractivity (Wildman–Crippen MR) is 131 cm³/mol. The third kappa shape index (κ3) is 5.58. The molecule has 0 atom stereocenters. The monoisotopic (exact) mass is 418 g/mol. The van der Waals surface area contributed by atoms with Crippen molar-refractivity contribution in [2.24, 2.45) is 0 Å². The van der Waals surface area contributed by atoms with Crippen molar-refractivity contribution in [1.82, 2.24) is 0 Å². The maximum atomic E-state index is 12.2. The number of carbonyl (C=O) groups is 2. The summed E-state index contributed by atoms with van der Waals surface area (Å²) in [6.07, 6.45) is 4.00. The molecule has 4 heteroatoms. The Bertz CT molecular complexity index is 1120. The fourth-order valence-electron chi connectivity index (χ4n) is 3.13. The normalized spacial score (nSPS) is 10.6. The van der Waals surface area contributed by atoms with Crippen LogP contribution in [-0.4, -0.2) is 11.8 Å². The first kappa shape index (κ1) is 20.8. The van der Waals surface area contributed by atoms with Gasteiger partial charge in [0.2, 0.25) is 0 Å². The third-order valence-corrected chi connectivity index (χ3v) is 4.88. The van der Waals surface area contributed by atoms with Crippen LogP contribution in [-0.2, 0) is 0 Å². The van der Waals surface area contributed by atoms with Crippen LogP contribution in [0.5, 0.6) is 0 Å². The molecule has 4 aromatic carbocycles. The summed E-state index contributed by atoms with van der Waals surface area (Å²) in [6.45, 7) is 0. The largest absolute Gasteiger partial charge is 0.322 e. The Morgan fingerprint density at radius 3 is 1.16 bits per heavy atom. The molecule has 4 aromatic rings. The number of rotatable bonds is 6. The SMILES string of the molecule is O=C(Nc1ccc(C=Cc2ccc(NC(=O)c3ccccc3)cc2)cc1)c1ccccc1. The molecule has 4 nitrogen and oxygen atoms in total. The molecule has 0 aliphatic heterocycles. The Morgan fingerprint density at radius 2 is 0.812 bits per heavy atom. The first-order valence-corrected chi connectivity index (χ1v) is 10.3. The molecule has 0 radical (unpaired) electrons. The quantitative estimate of drug-likeness (QED) is 0.358. The van der Waals surface area contributed by atoms with Crippen LogP contribution in [0.2, 0.25) is 0 Å². The first-order valence-electron chi connectivity index (χ1n) is 10.3. The van der Waals surface area contributed by atoms with Crippen LogP contribution >= 0.6 is 0 Å². The van der Waals surface area contributed by atoms with Crippen molar-refractivity contribution < 1.29 is 9.59 Å². The molecule has 0 unspecified atom stereocenters. The highest BCUT2D eigenvalue weighted by molar-refractivity contribution is 6.04. The lowest BCUT2D eigenvalue weighted by atomic mass is 10.1. The van der Waals surface area contributed by atoms with Gasteiger partial charge in [-0.2, -0.15) is 0 Å². The smallest absolute Gasteiger partial charge is 0.255 e. The molecule has 2 N–H and O–H groups in total. The highest BCUT2D eigenvalue weighted by Crippen LogP contribution is 2.16. The van der Waals surface area contributed by atoms with Crippen molar-refractivity contribution in [1.29, 1.82) is 0 Å². The summed E-state index contributed by atoms with van der Waals surface area (Å²) in [5.74, 6) is -0.262. The van der Waals surface area contributed by atoms with E-state index in [9.17, 15) is 9.59 Å². The van der Waals surface area contributed by atoms with Crippen molar-refractivity contribution in [2.45, 2.75) is 0 Å². The van der Waals surface area contributed by atoms with E-state index in [1.807, 2.05) is 97.1 Å². The second-order valence-corrected chi connectivity index (χ2v) is 7.22. The molecule has 0 aliphatic rings. The van der Waals surface area contributed by atoms with Crippen molar-refractivity contribution in [3.05, 3.63) is 131 Å². The Labute approximate surface area is 187 Å². The molecule has 0 fully saturated rings. The molecule has 4 rings (SSSR count). The molecule has 2 amide bonds. The van der Waals surface area contributed by atoms with Gasteiger partial charge in [-0.15, -0.1) is 0 Å². The molecule has 0 bridgehead atoms. The zero-order valence-electron chi connectivity index (χ0n) is 17.4. The van der Waals surface area contributed by atoms with Gasteiger partial charge in [0, 0.05) is 22.5 Å². The van der Waals surface area contributed by atoms with Crippen molar-refractivity contribution in [2.75, 3.05) is 10.6 Å². The zero-order chi connectivity index (χ0) is 22.2. The maximum Gasteiger partial charge on any atom is 0.255 e. The van der Waals surface area contributed by atoms with Crippen LogP contribution in [0.1, 0.15) is 31.8 Å². The molecule has 0 spiro atoms. The van der Waals surface area contributed by atoms with E-state index >= 15 is 0 Å². The summed E-state index contributed by atoms with van der Waals surface area (Å²) >= 11 is 0. The van der Waals surface area contributed by atoms with Crippen molar-refractivity contribution in [3.8, 4) is 0 Å². The third-order valence-electron chi connectivity index (χ3n) is 4.88. The number of hydrogen-bond donors (Lipinski definition) is 2. The van der Waals surface area contributed by atoms with Gasteiger partial charge < -0.3 is 10.6 Å². The fraction of sp³-hybridized carbons (Fsp3) is 0. The highest BCUT2D eigenvalue weighted by Gasteiger charge is 2.05. The number of benzene rings is 4. The number of anilines is 2. The molecule has 0 heterocycles. The molecule has 0 saturated heterocycles. The average Bonchev–Trinajstić information content (AvgIpc) is 2.85. The molecule has 156 valence electrons. The lowest BCUT2D eigenvalue weighted by Crippen LogP contribution is -2.11. The van der Waals surface area contributed by atoms with Gasteiger partial charge in [-0.05, 0) is 59.7 Å². The summed E-state index contributed by atoms with van der Waals surface area (Å²) in [5.41, 5.74) is 4.78. The van der Waals surface area contributed by atoms with Gasteiger partial charge in [0.05, 0.1) is 0 Å². The summed E-state index contributed by atoms with van der Waals surface area (Å²) in [5, 5.41) is 5.79. The van der Waals surface area contributed by atoms with Gasteiger partial charge in [-0.25, -0.2) is 0 Å². The van der Waals surface area contributed by atoms with Gasteiger partial charge in [-0.1, -0.05) is 72.8 Å². The van der Waals surface area contributed by atoms with E-state index < -0.39 is 0 Å². The summed E-state index contributed by atoms with van der Waals surface area (Å²) in [6, 6.07) is 33.6. The topological polar surface area (TPSA) is 58.2 Å². The van der Waals surface area contributed by atoms with E-state index in [0.717, 1.165) is 22.5 Å². The van der Waals surface area contributed by atoms with Crippen LogP contribution in [0, 0.1) is 0 Å². The van der Waals surface area contributed by atoms with Gasteiger partial charge >= 0.3 is 0 Å². The lowest BCUT2D eigenvalue weighted by molar-refractivity contribution is 0.101. The Morgan fingerprint density at radius 1 is 0.469 bits per heavy atom. The van der Waals surface area contributed by atoms with Crippen LogP contribution in [0.4, 0.5) is 11.4 Å². The minimum atomic E-state index is -0.131. The summed E-state index contributed by atoms with van der Waals surface area (Å²) in [4.78, 5) is 24.5. The first-order chi connectivity index (χ1) is 15.7. The van der Waals surface area contributed by atoms with Crippen LogP contribution < -0.4 is 10.6 Å². The maximum absolute atomic E-state index is 12.2. The van der Waals surface area contributed by atoms with Gasteiger partial charge in [0.25, 0.3) is 11.8 Å². The summed E-state index contributed by atoms with van der Waals surface area (Å²) < 4.78 is 0. The van der Waals surface area contributed by atoms with Crippen molar-refractivity contribution in [3.63, 3.8) is 0 Å². The molecule has 32 heavy (non-hydrogen) atoms. The Hall–Kier alpha value is -4.44. The van der Waals surface area contributed by atoms with Crippen LogP contribution in [0.25, 0.3) is 12.2 Å². The summed E-state index contributed by atoms with van der Waals surface area (Å²) in [7, 11) is 0. The minimum Gasteiger partial charge on any atom is -0.322 e. The minimum absolute atomic E-state index is 0.131. The number of carbonyl (C=O) groups excluding carboxylic acids is 2. The number of amides is 2. The average molecular weight is 418 g/mol. The van der Waals surface area contributed by atoms with Crippen LogP contribution in [0.15, 0.2) is 109 Å². The van der Waals surface area contributed by atoms with E-state index in [2.05, 4.69) is 10.6 Å². The van der Waals surface area contributed by atoms with Crippen molar-refractivity contribution >= 4 is 35.3 Å². The zero-order valence-corrected chi connectivity index (χ0v) is 17.4. The molecular weight excluding hydrogens is 396 g/mol. The second-order valence-electron chi connectivity index (χ2n) is 7.22. The molecule has 0 saturated carbocycles. The molecule has 0 aromatic heterocycles. The lowest BCUT2D eigenvalue weighted by Gasteiger charge is -2.06. The van der Waals surface area contributed by atoms with E-state index in [0.29, 0.717) is 11.1 Å². The van der Waals surface area contributed by atoms with Gasteiger partial charge in [-0.3, -0.25) is 9.59 Å². The van der Waals surface area contributed by atoms with E-state index in [1.54, 1.807) is 24.3 Å². The van der Waals surface area contributed by atoms with Gasteiger partial charge in [0.1, 0.15) is 0 Å². The molecule has 0 aliphatic carbocycles. The standard InChI is InChI=1S/C28H22N2O2/c31-27(23-7-3-1-4-8-23)29-25-17-13-21(14-18-25)11-12-22-15-19-26(20-16-22)30-28(32)24-9-5-2-6-10-24/h1-20H,(H,29,31)(H,30,32). The Kier molecular flexibility index (Phi) is 6.54. The number of nitrogens with one attached hydrogen (secondary N) is 2. The van der Waals surface area contributed by atoms with Gasteiger partial charge in [0.15, 0.2) is 0 Å². The van der Waals surface area contributed by atoms with E-state index in [4.69, 9.17) is 0 Å². The Balaban J connectivity index is 1.34. The fourth-order valence-corrected chi connectivity index (χ4v) is 3.13. The predicted octanol–water partition coefficient (Wildman–Crippen LogP) is 6.36. The second kappa shape index (κ2) is 10.0. The van der Waals surface area contributed by atoms with E-state index in [1.165, 1.54) is 0 Å². The highest BCUT2D eigenvalue weighted by atomic mass is 16.2. The number of hydrogen-bond acceptors (Lipinski definition) is 2.